The third kappa shape index (κ3) is 3.49. The van der Waals surface area contributed by atoms with Crippen molar-refractivity contribution in [2.45, 2.75) is 43.8 Å². The van der Waals surface area contributed by atoms with Gasteiger partial charge in [0.1, 0.15) is 5.82 Å². The number of amides is 1. The van der Waals surface area contributed by atoms with Gasteiger partial charge in [-0.15, -0.1) is 0 Å². The first kappa shape index (κ1) is 18.1. The van der Waals surface area contributed by atoms with Gasteiger partial charge in [-0.1, -0.05) is 0 Å². The number of halogens is 1. The maximum absolute atomic E-state index is 13.2. The number of hydrogen-bond donors (Lipinski definition) is 0. The SMILES string of the molecule is O=C1CCCN1Cc1ncn2c1CN(S(=O)(=O)c1ccc(F)cc1)CCC2. The topological polar surface area (TPSA) is 75.5 Å². The van der Waals surface area contributed by atoms with E-state index in [4.69, 9.17) is 0 Å². The van der Waals surface area contributed by atoms with Gasteiger partial charge < -0.3 is 9.47 Å². The predicted molar refractivity (Wildman–Crippen MR) is 95.5 cm³/mol. The Hall–Kier alpha value is -2.26. The van der Waals surface area contributed by atoms with Crippen LogP contribution in [0.25, 0.3) is 0 Å². The van der Waals surface area contributed by atoms with E-state index in [0.717, 1.165) is 29.9 Å². The van der Waals surface area contributed by atoms with Crippen LogP contribution in [0.5, 0.6) is 0 Å². The highest BCUT2D eigenvalue weighted by Crippen LogP contribution is 2.25. The number of carbonyl (C=O) groups is 1. The number of nitrogens with zero attached hydrogens (tertiary/aromatic N) is 4. The minimum Gasteiger partial charge on any atom is -0.337 e. The van der Waals surface area contributed by atoms with Crippen LogP contribution >= 0.6 is 0 Å². The number of aryl methyl sites for hydroxylation is 1. The minimum atomic E-state index is -3.73. The van der Waals surface area contributed by atoms with E-state index in [-0.39, 0.29) is 17.3 Å². The van der Waals surface area contributed by atoms with Crippen molar-refractivity contribution in [2.75, 3.05) is 13.1 Å². The summed E-state index contributed by atoms with van der Waals surface area (Å²) >= 11 is 0. The summed E-state index contributed by atoms with van der Waals surface area (Å²) in [4.78, 5) is 18.2. The van der Waals surface area contributed by atoms with Gasteiger partial charge in [-0.25, -0.2) is 17.8 Å². The zero-order chi connectivity index (χ0) is 19.0. The van der Waals surface area contributed by atoms with Crippen LogP contribution in [0.1, 0.15) is 30.7 Å². The molecule has 27 heavy (non-hydrogen) atoms. The minimum absolute atomic E-state index is 0.0770. The molecule has 2 aliphatic rings. The summed E-state index contributed by atoms with van der Waals surface area (Å²) in [5, 5.41) is 0. The normalized spacial score (nSPS) is 18.6. The molecule has 1 fully saturated rings. The number of sulfonamides is 1. The molecular weight excluding hydrogens is 371 g/mol. The fourth-order valence-electron chi connectivity index (χ4n) is 3.63. The molecule has 4 rings (SSSR count). The average Bonchev–Trinajstić information content (AvgIpc) is 3.14. The number of hydrogen-bond acceptors (Lipinski definition) is 4. The van der Waals surface area contributed by atoms with Gasteiger partial charge in [-0.05, 0) is 37.1 Å². The molecule has 0 saturated carbocycles. The molecule has 9 heteroatoms. The van der Waals surface area contributed by atoms with Crippen LogP contribution in [0.15, 0.2) is 35.5 Å². The summed E-state index contributed by atoms with van der Waals surface area (Å²) in [5.74, 6) is -0.360. The Morgan fingerprint density at radius 2 is 1.85 bits per heavy atom. The maximum atomic E-state index is 13.2. The van der Waals surface area contributed by atoms with Gasteiger partial charge in [0.15, 0.2) is 0 Å². The number of likely N-dealkylation sites (tertiary alicyclic amines) is 1. The predicted octanol–water partition coefficient (Wildman–Crippen LogP) is 1.74. The molecule has 0 radical (unpaired) electrons. The van der Waals surface area contributed by atoms with Gasteiger partial charge in [-0.3, -0.25) is 4.79 Å². The number of fused-ring (bicyclic) bond motifs is 1. The Kier molecular flexibility index (Phi) is 4.73. The van der Waals surface area contributed by atoms with Crippen molar-refractivity contribution in [1.82, 2.24) is 18.8 Å². The molecule has 2 aliphatic heterocycles. The molecule has 0 unspecified atom stereocenters. The first-order valence-electron chi connectivity index (χ1n) is 9.01. The summed E-state index contributed by atoms with van der Waals surface area (Å²) in [6.45, 7) is 2.36. The van der Waals surface area contributed by atoms with Crippen molar-refractivity contribution in [2.24, 2.45) is 0 Å². The van der Waals surface area contributed by atoms with E-state index < -0.39 is 15.8 Å². The van der Waals surface area contributed by atoms with Gasteiger partial charge in [-0.2, -0.15) is 4.31 Å². The standard InChI is InChI=1S/C18H21FN4O3S/c19-14-4-6-15(7-5-14)27(25,26)23-10-2-9-22-13-20-16(17(22)12-23)11-21-8-1-3-18(21)24/h4-7,13H,1-3,8-12H2. The fourth-order valence-corrected chi connectivity index (χ4v) is 5.07. The van der Waals surface area contributed by atoms with Gasteiger partial charge in [0.25, 0.3) is 0 Å². The van der Waals surface area contributed by atoms with Gasteiger partial charge in [0.2, 0.25) is 15.9 Å². The lowest BCUT2D eigenvalue weighted by Gasteiger charge is -2.21. The van der Waals surface area contributed by atoms with E-state index in [1.165, 1.54) is 16.4 Å². The molecule has 0 aliphatic carbocycles. The molecule has 1 aromatic heterocycles. The van der Waals surface area contributed by atoms with Crippen molar-refractivity contribution in [3.8, 4) is 0 Å². The van der Waals surface area contributed by atoms with Crippen LogP contribution in [-0.2, 0) is 34.5 Å². The number of imidazole rings is 1. The van der Waals surface area contributed by atoms with Crippen LogP contribution in [0.2, 0.25) is 0 Å². The third-order valence-electron chi connectivity index (χ3n) is 5.13. The molecule has 1 saturated heterocycles. The Labute approximate surface area is 157 Å². The van der Waals surface area contributed by atoms with E-state index in [1.807, 2.05) is 4.57 Å². The summed E-state index contributed by atoms with van der Waals surface area (Å²) < 4.78 is 42.5. The fraction of sp³-hybridized carbons (Fsp3) is 0.444. The van der Waals surface area contributed by atoms with E-state index in [1.54, 1.807) is 11.2 Å². The molecule has 144 valence electrons. The Bertz CT molecular complexity index is 955. The van der Waals surface area contributed by atoms with Crippen molar-refractivity contribution >= 4 is 15.9 Å². The van der Waals surface area contributed by atoms with Crippen LogP contribution in [0.4, 0.5) is 4.39 Å². The molecule has 1 aromatic carbocycles. The third-order valence-corrected chi connectivity index (χ3v) is 6.99. The molecular formula is C18H21FN4O3S. The van der Waals surface area contributed by atoms with Crippen LogP contribution in [0, 0.1) is 5.82 Å². The summed E-state index contributed by atoms with van der Waals surface area (Å²) in [5.41, 5.74) is 1.56. The Morgan fingerprint density at radius 1 is 1.07 bits per heavy atom. The monoisotopic (exact) mass is 392 g/mol. The lowest BCUT2D eigenvalue weighted by atomic mass is 10.3. The van der Waals surface area contributed by atoms with Gasteiger partial charge >= 0.3 is 0 Å². The van der Waals surface area contributed by atoms with E-state index in [2.05, 4.69) is 4.98 Å². The van der Waals surface area contributed by atoms with Crippen LogP contribution in [0.3, 0.4) is 0 Å². The highest BCUT2D eigenvalue weighted by atomic mass is 32.2. The smallest absolute Gasteiger partial charge is 0.243 e. The Morgan fingerprint density at radius 3 is 2.56 bits per heavy atom. The van der Waals surface area contributed by atoms with Crippen LogP contribution < -0.4 is 0 Å². The van der Waals surface area contributed by atoms with E-state index >= 15 is 0 Å². The highest BCUT2D eigenvalue weighted by molar-refractivity contribution is 7.89. The first-order valence-corrected chi connectivity index (χ1v) is 10.5. The zero-order valence-electron chi connectivity index (χ0n) is 14.8. The Balaban J connectivity index is 1.61. The summed E-state index contributed by atoms with van der Waals surface area (Å²) in [6, 6.07) is 4.88. The second kappa shape index (κ2) is 7.05. The van der Waals surface area contributed by atoms with Gasteiger partial charge in [0.05, 0.1) is 35.7 Å². The van der Waals surface area contributed by atoms with E-state index in [9.17, 15) is 17.6 Å². The molecule has 1 amide bonds. The summed E-state index contributed by atoms with van der Waals surface area (Å²) in [7, 11) is -3.73. The maximum Gasteiger partial charge on any atom is 0.243 e. The molecule has 0 spiro atoms. The molecule has 2 aromatic rings. The van der Waals surface area contributed by atoms with Crippen molar-refractivity contribution < 1.29 is 17.6 Å². The molecule has 0 atom stereocenters. The highest BCUT2D eigenvalue weighted by Gasteiger charge is 2.30. The summed E-state index contributed by atoms with van der Waals surface area (Å²) in [6.07, 6.45) is 3.78. The quantitative estimate of drug-likeness (QED) is 0.794. The first-order chi connectivity index (χ1) is 12.9. The molecule has 0 bridgehead atoms. The lowest BCUT2D eigenvalue weighted by Crippen LogP contribution is -2.31. The largest absolute Gasteiger partial charge is 0.337 e. The number of rotatable bonds is 4. The van der Waals surface area contributed by atoms with Gasteiger partial charge in [0, 0.05) is 26.1 Å². The number of carbonyl (C=O) groups excluding carboxylic acids is 1. The second-order valence-electron chi connectivity index (χ2n) is 6.90. The second-order valence-corrected chi connectivity index (χ2v) is 8.83. The molecule has 0 N–H and O–H groups in total. The average molecular weight is 392 g/mol. The molecule has 7 nitrogen and oxygen atoms in total. The zero-order valence-corrected chi connectivity index (χ0v) is 15.7. The van der Waals surface area contributed by atoms with Crippen molar-refractivity contribution in [1.29, 1.82) is 0 Å². The molecule has 3 heterocycles. The van der Waals surface area contributed by atoms with E-state index in [0.29, 0.717) is 39.0 Å². The van der Waals surface area contributed by atoms with Crippen LogP contribution in [-0.4, -0.2) is 46.2 Å². The van der Waals surface area contributed by atoms with Crippen molar-refractivity contribution in [3.05, 3.63) is 47.8 Å². The van der Waals surface area contributed by atoms with Crippen molar-refractivity contribution in [3.63, 3.8) is 0 Å². The lowest BCUT2D eigenvalue weighted by molar-refractivity contribution is -0.128. The number of benzene rings is 1. The number of aromatic nitrogens is 2.